The fourth-order valence-corrected chi connectivity index (χ4v) is 5.93. The molecule has 2 unspecified atom stereocenters. The van der Waals surface area contributed by atoms with Crippen molar-refractivity contribution < 1.29 is 28.6 Å². The summed E-state index contributed by atoms with van der Waals surface area (Å²) in [7, 11) is 0. The van der Waals surface area contributed by atoms with Gasteiger partial charge in [0.05, 0.1) is 18.6 Å². The van der Waals surface area contributed by atoms with E-state index in [1.54, 1.807) is 11.8 Å². The van der Waals surface area contributed by atoms with Crippen molar-refractivity contribution in [2.24, 2.45) is 17.3 Å². The van der Waals surface area contributed by atoms with Gasteiger partial charge < -0.3 is 24.8 Å². The Kier molecular flexibility index (Phi) is 8.18. The molecule has 2 saturated heterocycles. The van der Waals surface area contributed by atoms with Crippen LogP contribution in [-0.2, 0) is 14.3 Å². The number of aliphatic hydroxyl groups is 1. The minimum atomic E-state index is -0.678. The van der Waals surface area contributed by atoms with Crippen LogP contribution in [0.5, 0.6) is 0 Å². The Bertz CT molecular complexity index is 1010. The van der Waals surface area contributed by atoms with Crippen LogP contribution in [0.3, 0.4) is 0 Å². The zero-order valence-electron chi connectivity index (χ0n) is 22.0. The maximum Gasteiger partial charge on any atom is 0.409 e. The largest absolute Gasteiger partial charge is 0.420 e. The van der Waals surface area contributed by atoms with Gasteiger partial charge in [-0.25, -0.2) is 14.8 Å². The number of hydrogen-bond acceptors (Lipinski definition) is 9. The number of aryl methyl sites for hydroxylation is 1. The van der Waals surface area contributed by atoms with Crippen molar-refractivity contribution in [2.75, 3.05) is 36.6 Å². The van der Waals surface area contributed by atoms with Crippen molar-refractivity contribution >= 4 is 23.6 Å². The summed E-state index contributed by atoms with van der Waals surface area (Å²) in [6.45, 7) is 3.18. The van der Waals surface area contributed by atoms with Crippen LogP contribution < -0.4 is 21.1 Å². The molecule has 4 fully saturated rings. The monoisotopic (exact) mass is 534 g/mol. The van der Waals surface area contributed by atoms with E-state index in [2.05, 4.69) is 26.1 Å². The number of alkyl carbamates (subject to hydrolysis) is 1. The zero-order valence-corrected chi connectivity index (χ0v) is 22.0. The quantitative estimate of drug-likeness (QED) is 0.352. The Morgan fingerprint density at radius 1 is 1.21 bits per heavy atom. The Balaban J connectivity index is 1.20. The third-order valence-corrected chi connectivity index (χ3v) is 8.38. The number of β-amino-alcohol motifs (C(OH)–C–C–N with tert-alkyl or cyclic N) is 1. The summed E-state index contributed by atoms with van der Waals surface area (Å²) in [5, 5.41) is 13.1. The minimum Gasteiger partial charge on any atom is -0.420 e. The van der Waals surface area contributed by atoms with Crippen molar-refractivity contribution in [1.29, 1.82) is 0 Å². The van der Waals surface area contributed by atoms with E-state index in [4.69, 9.17) is 9.47 Å². The minimum absolute atomic E-state index is 0.0971. The third kappa shape index (κ3) is 6.28. The van der Waals surface area contributed by atoms with Gasteiger partial charge in [0, 0.05) is 31.5 Å². The highest BCUT2D eigenvalue weighted by Gasteiger charge is 2.55. The molecule has 11 nitrogen and oxygen atoms in total. The molecule has 2 saturated carbocycles. The zero-order chi connectivity index (χ0) is 26.7. The highest BCUT2D eigenvalue weighted by Crippen LogP contribution is 2.53. The first-order valence-corrected chi connectivity index (χ1v) is 13.9. The summed E-state index contributed by atoms with van der Waals surface area (Å²) in [6.07, 6.45) is 7.69. The number of rotatable bonds is 9. The smallest absolute Gasteiger partial charge is 0.409 e. The van der Waals surface area contributed by atoms with Gasteiger partial charge in [-0.05, 0) is 44.9 Å². The number of nitrogens with one attached hydrogen (secondary N) is 3. The van der Waals surface area contributed by atoms with Crippen LogP contribution in [0.1, 0.15) is 70.0 Å². The molecule has 3 atom stereocenters. The predicted octanol–water partition coefficient (Wildman–Crippen LogP) is 2.78. The molecule has 5 rings (SSSR count). The molecule has 4 N–H and O–H groups in total. The second-order valence-electron chi connectivity index (χ2n) is 11.3. The second-order valence-corrected chi connectivity index (χ2v) is 11.3. The molecule has 3 heterocycles. The first kappa shape index (κ1) is 26.9. The van der Waals surface area contributed by atoms with Crippen LogP contribution in [0, 0.1) is 30.0 Å². The van der Waals surface area contributed by atoms with E-state index in [0.29, 0.717) is 44.3 Å². The summed E-state index contributed by atoms with van der Waals surface area (Å²) >= 11 is 0. The molecular formula is C26H39FN6O5. The number of hydrazine groups is 1. The number of ether oxygens (including phenoxy) is 2. The Labute approximate surface area is 222 Å². The highest BCUT2D eigenvalue weighted by atomic mass is 19.1. The molecule has 0 radical (unpaired) electrons. The van der Waals surface area contributed by atoms with Gasteiger partial charge in [0.15, 0.2) is 11.6 Å². The van der Waals surface area contributed by atoms with Crippen LogP contribution in [0.15, 0.2) is 0 Å². The van der Waals surface area contributed by atoms with Gasteiger partial charge in [-0.1, -0.05) is 25.7 Å². The van der Waals surface area contributed by atoms with E-state index in [9.17, 15) is 14.7 Å². The van der Waals surface area contributed by atoms with E-state index < -0.39 is 30.2 Å². The number of carbonyl (C=O) groups excluding carboxylic acids is 2. The molecule has 4 aliphatic rings. The maximum atomic E-state index is 15.4. The van der Waals surface area contributed by atoms with Crippen LogP contribution in [0.4, 0.5) is 20.8 Å². The van der Waals surface area contributed by atoms with Crippen molar-refractivity contribution in [2.45, 2.75) is 83.5 Å². The molecule has 2 aliphatic heterocycles. The molecule has 1 aromatic heterocycles. The highest BCUT2D eigenvalue weighted by molar-refractivity contribution is 5.81. The molecule has 1 aromatic rings. The summed E-state index contributed by atoms with van der Waals surface area (Å²) in [5.74, 6) is -0.839. The lowest BCUT2D eigenvalue weighted by molar-refractivity contribution is -0.127. The molecule has 1 spiro atoms. The standard InChI is InChI=1S/C26H39FN6O5/c1-16-29-22(21(27)23(30-16)33-14-19(34)26(15-33)9-10-26)31-32-24(35)18(12-17-6-2-3-7-17)13-28-25(36)38-20-8-4-5-11-37-20/h17-20,34H,2-15H2,1H3,(H,28,36)(H,32,35)(H,29,30,31)/t18-,19?,20?/m1/s1. The fraction of sp³-hybridized carbons (Fsp3) is 0.769. The second kappa shape index (κ2) is 11.6. The van der Waals surface area contributed by atoms with Crippen molar-refractivity contribution in [1.82, 2.24) is 20.7 Å². The lowest BCUT2D eigenvalue weighted by Gasteiger charge is -2.24. The topological polar surface area (TPSA) is 138 Å². The first-order valence-electron chi connectivity index (χ1n) is 13.9. The summed E-state index contributed by atoms with van der Waals surface area (Å²) in [4.78, 5) is 35.7. The predicted molar refractivity (Wildman–Crippen MR) is 137 cm³/mol. The molecule has 210 valence electrons. The van der Waals surface area contributed by atoms with Gasteiger partial charge in [-0.3, -0.25) is 15.6 Å². The average molecular weight is 535 g/mol. The molecule has 2 aliphatic carbocycles. The number of aliphatic hydroxyl groups excluding tert-OH is 1. The van der Waals surface area contributed by atoms with Crippen molar-refractivity contribution in [3.8, 4) is 0 Å². The van der Waals surface area contributed by atoms with Gasteiger partial charge in [0.25, 0.3) is 0 Å². The molecule has 2 amide bonds. The summed E-state index contributed by atoms with van der Waals surface area (Å²) in [5.41, 5.74) is 5.09. The summed E-state index contributed by atoms with van der Waals surface area (Å²) in [6, 6.07) is 0. The molecular weight excluding hydrogens is 495 g/mol. The van der Waals surface area contributed by atoms with Crippen molar-refractivity contribution in [3.05, 3.63) is 11.6 Å². The van der Waals surface area contributed by atoms with E-state index >= 15 is 4.39 Å². The normalized spacial score (nSPS) is 25.3. The van der Waals surface area contributed by atoms with Crippen LogP contribution >= 0.6 is 0 Å². The van der Waals surface area contributed by atoms with Crippen LogP contribution in [0.25, 0.3) is 0 Å². The number of anilines is 2. The van der Waals surface area contributed by atoms with E-state index in [1.165, 1.54) is 0 Å². The SMILES string of the molecule is Cc1nc(NNC(=O)[C@@H](CNC(=O)OC2CCCCO2)CC2CCCC2)c(F)c(N2CC(O)C3(CC3)C2)n1. The van der Waals surface area contributed by atoms with Crippen LogP contribution in [-0.4, -0.2) is 65.7 Å². The lowest BCUT2D eigenvalue weighted by Crippen LogP contribution is -2.43. The van der Waals surface area contributed by atoms with E-state index in [0.717, 1.165) is 51.4 Å². The van der Waals surface area contributed by atoms with E-state index in [1.807, 2.05) is 0 Å². The maximum absolute atomic E-state index is 15.4. The van der Waals surface area contributed by atoms with Gasteiger partial charge in [0.1, 0.15) is 5.82 Å². The van der Waals surface area contributed by atoms with E-state index in [-0.39, 0.29) is 29.5 Å². The first-order chi connectivity index (χ1) is 18.3. The Morgan fingerprint density at radius 3 is 2.66 bits per heavy atom. The Morgan fingerprint density at radius 2 is 1.97 bits per heavy atom. The number of hydrogen-bond donors (Lipinski definition) is 4. The number of aromatic nitrogens is 2. The lowest BCUT2D eigenvalue weighted by atomic mass is 9.92. The van der Waals surface area contributed by atoms with Gasteiger partial charge in [0.2, 0.25) is 18.0 Å². The molecule has 12 heteroatoms. The fourth-order valence-electron chi connectivity index (χ4n) is 5.93. The van der Waals surface area contributed by atoms with Crippen LogP contribution in [0.2, 0.25) is 0 Å². The van der Waals surface area contributed by atoms with Crippen molar-refractivity contribution in [3.63, 3.8) is 0 Å². The van der Waals surface area contributed by atoms with Gasteiger partial charge >= 0.3 is 6.09 Å². The average Bonchev–Trinajstić information content (AvgIpc) is 3.36. The van der Waals surface area contributed by atoms with Gasteiger partial charge in [-0.2, -0.15) is 4.39 Å². The number of amides is 2. The van der Waals surface area contributed by atoms with Gasteiger partial charge in [-0.15, -0.1) is 0 Å². The number of carbonyl (C=O) groups is 2. The Hall–Kier alpha value is -2.73. The number of halogens is 1. The molecule has 38 heavy (non-hydrogen) atoms. The number of nitrogens with zero attached hydrogens (tertiary/aromatic N) is 3. The molecule has 0 aromatic carbocycles. The summed E-state index contributed by atoms with van der Waals surface area (Å²) < 4.78 is 26.2. The molecule has 0 bridgehead atoms. The third-order valence-electron chi connectivity index (χ3n) is 8.38.